The van der Waals surface area contributed by atoms with E-state index in [1.165, 1.54) is 22.2 Å². The van der Waals surface area contributed by atoms with Crippen molar-refractivity contribution in [3.05, 3.63) is 83.4 Å². The minimum atomic E-state index is 0.770. The molecule has 2 heterocycles. The number of nitrogens with zero attached hydrogens (tertiary/aromatic N) is 2. The molecule has 0 saturated heterocycles. The van der Waals surface area contributed by atoms with Crippen molar-refractivity contribution in [2.24, 2.45) is 0 Å². The second kappa shape index (κ2) is 6.57. The minimum Gasteiger partial charge on any atom is -0.464 e. The van der Waals surface area contributed by atoms with Gasteiger partial charge in [0.05, 0.1) is 17.6 Å². The molecule has 25 heavy (non-hydrogen) atoms. The van der Waals surface area contributed by atoms with Crippen molar-refractivity contribution in [1.82, 2.24) is 15.1 Å². The molecule has 4 heteroatoms. The summed E-state index contributed by atoms with van der Waals surface area (Å²) in [5.41, 5.74) is 6.69. The van der Waals surface area contributed by atoms with E-state index >= 15 is 0 Å². The molecule has 0 aliphatic heterocycles. The fourth-order valence-electron chi connectivity index (χ4n) is 3.24. The summed E-state index contributed by atoms with van der Waals surface area (Å²) >= 11 is 0. The Bertz CT molecular complexity index is 999. The van der Waals surface area contributed by atoms with Gasteiger partial charge in [0.15, 0.2) is 0 Å². The minimum absolute atomic E-state index is 0.770. The van der Waals surface area contributed by atoms with Gasteiger partial charge in [0, 0.05) is 35.3 Å². The highest BCUT2D eigenvalue weighted by Gasteiger charge is 2.13. The van der Waals surface area contributed by atoms with Crippen LogP contribution in [-0.2, 0) is 13.1 Å². The van der Waals surface area contributed by atoms with Gasteiger partial charge in [0.25, 0.3) is 0 Å². The highest BCUT2D eigenvalue weighted by Crippen LogP contribution is 2.21. The van der Waals surface area contributed by atoms with Crippen LogP contribution >= 0.6 is 0 Å². The molecule has 4 nitrogen and oxygen atoms in total. The zero-order valence-electron chi connectivity index (χ0n) is 14.5. The second-order valence-electron chi connectivity index (χ2n) is 6.26. The van der Waals surface area contributed by atoms with Crippen molar-refractivity contribution in [2.75, 3.05) is 0 Å². The predicted octanol–water partition coefficient (Wildman–Crippen LogP) is 4.53. The first kappa shape index (κ1) is 15.7. The molecule has 126 valence electrons. The zero-order valence-corrected chi connectivity index (χ0v) is 14.5. The molecule has 0 fully saturated rings. The molecular weight excluding hydrogens is 310 g/mol. The third kappa shape index (κ3) is 2.96. The van der Waals surface area contributed by atoms with Gasteiger partial charge in [-0.1, -0.05) is 36.4 Å². The number of aromatic nitrogens is 2. The van der Waals surface area contributed by atoms with E-state index in [4.69, 9.17) is 9.52 Å². The van der Waals surface area contributed by atoms with E-state index < -0.39 is 0 Å². The van der Waals surface area contributed by atoms with Gasteiger partial charge in [-0.2, -0.15) is 5.10 Å². The predicted molar refractivity (Wildman–Crippen MR) is 99.8 cm³/mol. The molecule has 0 spiro atoms. The van der Waals surface area contributed by atoms with Crippen LogP contribution in [0.2, 0.25) is 0 Å². The maximum Gasteiger partial charge on any atom is 0.134 e. The van der Waals surface area contributed by atoms with E-state index in [-0.39, 0.29) is 0 Å². The molecule has 1 N–H and O–H groups in total. The lowest BCUT2D eigenvalue weighted by Gasteiger charge is -2.06. The van der Waals surface area contributed by atoms with Crippen LogP contribution in [0.15, 0.2) is 65.3 Å². The first-order valence-electron chi connectivity index (χ1n) is 8.50. The number of nitrogens with one attached hydrogen (secondary N) is 1. The Hall–Kier alpha value is -2.85. The van der Waals surface area contributed by atoms with Crippen LogP contribution in [-0.4, -0.2) is 9.78 Å². The van der Waals surface area contributed by atoms with E-state index in [0.717, 1.165) is 30.1 Å². The number of hydrogen-bond donors (Lipinski definition) is 1. The molecule has 0 atom stereocenters. The third-order valence-electron chi connectivity index (χ3n) is 4.62. The second-order valence-corrected chi connectivity index (χ2v) is 6.26. The van der Waals surface area contributed by atoms with Crippen LogP contribution in [0.25, 0.3) is 16.7 Å². The molecule has 2 aromatic heterocycles. The normalized spacial score (nSPS) is 11.3. The van der Waals surface area contributed by atoms with E-state index in [1.807, 2.05) is 47.3 Å². The first-order valence-corrected chi connectivity index (χ1v) is 8.50. The van der Waals surface area contributed by atoms with Crippen molar-refractivity contribution in [2.45, 2.75) is 26.9 Å². The summed E-state index contributed by atoms with van der Waals surface area (Å²) < 4.78 is 7.62. The van der Waals surface area contributed by atoms with Gasteiger partial charge < -0.3 is 9.73 Å². The van der Waals surface area contributed by atoms with Crippen molar-refractivity contribution in [3.63, 3.8) is 0 Å². The molecule has 0 radical (unpaired) electrons. The van der Waals surface area contributed by atoms with Crippen LogP contribution in [0, 0.1) is 13.8 Å². The molecule has 0 unspecified atom stereocenters. The van der Waals surface area contributed by atoms with Crippen LogP contribution in [0.1, 0.15) is 22.5 Å². The molecule has 0 amide bonds. The third-order valence-corrected chi connectivity index (χ3v) is 4.62. The maximum atomic E-state index is 5.60. The Morgan fingerprint density at radius 1 is 0.960 bits per heavy atom. The number of furan rings is 1. The molecule has 2 aromatic carbocycles. The van der Waals surface area contributed by atoms with Crippen molar-refractivity contribution in [1.29, 1.82) is 0 Å². The van der Waals surface area contributed by atoms with Gasteiger partial charge in [-0.3, -0.25) is 0 Å². The fourth-order valence-corrected chi connectivity index (χ4v) is 3.24. The lowest BCUT2D eigenvalue weighted by molar-refractivity contribution is 0.601. The molecule has 0 bridgehead atoms. The number of fused-ring (bicyclic) bond motifs is 1. The zero-order chi connectivity index (χ0) is 17.2. The number of para-hydroxylation sites is 2. The van der Waals surface area contributed by atoms with E-state index in [2.05, 4.69) is 37.4 Å². The molecule has 4 rings (SSSR count). The van der Waals surface area contributed by atoms with Gasteiger partial charge in [-0.05, 0) is 32.0 Å². The summed E-state index contributed by atoms with van der Waals surface area (Å²) in [6, 6.07) is 18.4. The van der Waals surface area contributed by atoms with Gasteiger partial charge in [0.1, 0.15) is 5.58 Å². The van der Waals surface area contributed by atoms with Gasteiger partial charge in [-0.25, -0.2) is 4.68 Å². The standard InChI is InChI=1S/C21H21N3O/c1-15-20(16(2)24(23-15)18-8-4-3-5-9-18)13-22-12-17-14-25-21-11-7-6-10-19(17)21/h3-11,14,22H,12-13H2,1-2H3. The fraction of sp³-hybridized carbons (Fsp3) is 0.190. The van der Waals surface area contributed by atoms with Crippen LogP contribution in [0.4, 0.5) is 0 Å². The Kier molecular flexibility index (Phi) is 4.12. The van der Waals surface area contributed by atoms with Crippen molar-refractivity contribution in [3.8, 4) is 5.69 Å². The number of rotatable bonds is 5. The van der Waals surface area contributed by atoms with E-state index in [0.29, 0.717) is 0 Å². The molecule has 0 aliphatic carbocycles. The summed E-state index contributed by atoms with van der Waals surface area (Å²) in [6.07, 6.45) is 1.84. The SMILES string of the molecule is Cc1nn(-c2ccccc2)c(C)c1CNCc1coc2ccccc12. The van der Waals surface area contributed by atoms with Crippen LogP contribution in [0.5, 0.6) is 0 Å². The Balaban J connectivity index is 1.51. The smallest absolute Gasteiger partial charge is 0.134 e. The molecule has 4 aromatic rings. The van der Waals surface area contributed by atoms with Crippen LogP contribution < -0.4 is 5.32 Å². The lowest BCUT2D eigenvalue weighted by Crippen LogP contribution is -2.13. The van der Waals surface area contributed by atoms with Crippen LogP contribution in [0.3, 0.4) is 0 Å². The van der Waals surface area contributed by atoms with E-state index in [1.54, 1.807) is 0 Å². The first-order chi connectivity index (χ1) is 12.2. The quantitative estimate of drug-likeness (QED) is 0.584. The molecule has 0 saturated carbocycles. The molecule has 0 aliphatic rings. The largest absolute Gasteiger partial charge is 0.464 e. The average Bonchev–Trinajstić information content (AvgIpc) is 3.18. The number of hydrogen-bond acceptors (Lipinski definition) is 3. The lowest BCUT2D eigenvalue weighted by atomic mass is 10.1. The number of benzene rings is 2. The highest BCUT2D eigenvalue weighted by atomic mass is 16.3. The monoisotopic (exact) mass is 331 g/mol. The number of aryl methyl sites for hydroxylation is 1. The van der Waals surface area contributed by atoms with E-state index in [9.17, 15) is 0 Å². The maximum absolute atomic E-state index is 5.60. The summed E-state index contributed by atoms with van der Waals surface area (Å²) in [5, 5.41) is 9.40. The molecular formula is C21H21N3O. The topological polar surface area (TPSA) is 43.0 Å². The summed E-state index contributed by atoms with van der Waals surface area (Å²) in [6.45, 7) is 5.74. The summed E-state index contributed by atoms with van der Waals surface area (Å²) in [7, 11) is 0. The van der Waals surface area contributed by atoms with Crippen molar-refractivity contribution >= 4 is 11.0 Å². The summed E-state index contributed by atoms with van der Waals surface area (Å²) in [4.78, 5) is 0. The highest BCUT2D eigenvalue weighted by molar-refractivity contribution is 5.80. The Labute approximate surface area is 147 Å². The van der Waals surface area contributed by atoms with Gasteiger partial charge >= 0.3 is 0 Å². The Morgan fingerprint density at radius 2 is 1.72 bits per heavy atom. The average molecular weight is 331 g/mol. The van der Waals surface area contributed by atoms with Gasteiger partial charge in [-0.15, -0.1) is 0 Å². The van der Waals surface area contributed by atoms with Gasteiger partial charge in [0.2, 0.25) is 0 Å². The Morgan fingerprint density at radius 3 is 2.56 bits per heavy atom. The summed E-state index contributed by atoms with van der Waals surface area (Å²) in [5.74, 6) is 0. The van der Waals surface area contributed by atoms with Crippen molar-refractivity contribution < 1.29 is 4.42 Å².